The van der Waals surface area contributed by atoms with Crippen LogP contribution >= 0.6 is 0 Å². The number of hydrogen-bond donors (Lipinski definition) is 0. The van der Waals surface area contributed by atoms with Crippen LogP contribution in [0.3, 0.4) is 0 Å². The van der Waals surface area contributed by atoms with Crippen molar-refractivity contribution in [1.82, 2.24) is 0 Å². The standard InChI is InChI=1S/C19H14F6O7S/c1-10(2)15(26)31-14-6-5-11-7-13(4-3-12(11)8-14)16(27)32-17(18(20,21)22,19(23,24)25)9-33(28,29)30/h3-8H,1,9H2,2H3,(H,28,29,30)/p-1. The fourth-order valence-electron chi connectivity index (χ4n) is 2.54. The zero-order valence-electron chi connectivity index (χ0n) is 16.4. The fraction of sp³-hybridized carbons (Fsp3) is 0.263. The molecule has 0 saturated carbocycles. The Kier molecular flexibility index (Phi) is 6.86. The first kappa shape index (κ1) is 26.1. The third-order valence-corrected chi connectivity index (χ3v) is 4.93. The Morgan fingerprint density at radius 2 is 1.48 bits per heavy atom. The zero-order valence-corrected chi connectivity index (χ0v) is 17.2. The average Bonchev–Trinajstić information content (AvgIpc) is 2.63. The SMILES string of the molecule is C=C(C)C(=O)Oc1ccc2cc(C(=O)OC(CS(=O)(=O)[O-])(C(F)(F)F)C(F)(F)F)ccc2c1. The van der Waals surface area contributed by atoms with Gasteiger partial charge in [-0.3, -0.25) is 0 Å². The van der Waals surface area contributed by atoms with Gasteiger partial charge in [0, 0.05) is 5.57 Å². The van der Waals surface area contributed by atoms with Gasteiger partial charge < -0.3 is 14.0 Å². The Hall–Kier alpha value is -3.13. The molecule has 14 heteroatoms. The van der Waals surface area contributed by atoms with Crippen LogP contribution in [0.1, 0.15) is 17.3 Å². The summed E-state index contributed by atoms with van der Waals surface area (Å²) in [5.41, 5.74) is -6.28. The van der Waals surface area contributed by atoms with Crippen molar-refractivity contribution in [2.75, 3.05) is 5.75 Å². The Morgan fingerprint density at radius 3 is 1.97 bits per heavy atom. The van der Waals surface area contributed by atoms with E-state index < -0.39 is 51.3 Å². The molecule has 2 aromatic carbocycles. The van der Waals surface area contributed by atoms with Crippen LogP contribution in [-0.2, 0) is 19.6 Å². The largest absolute Gasteiger partial charge is 0.748 e. The lowest BCUT2D eigenvalue weighted by molar-refractivity contribution is -0.356. The summed E-state index contributed by atoms with van der Waals surface area (Å²) in [7, 11) is -6.15. The molecular weight excluding hydrogens is 486 g/mol. The maximum absolute atomic E-state index is 13.3. The van der Waals surface area contributed by atoms with Crippen LogP contribution in [0.5, 0.6) is 5.75 Å². The number of rotatable bonds is 6. The van der Waals surface area contributed by atoms with Crippen LogP contribution < -0.4 is 4.74 Å². The summed E-state index contributed by atoms with van der Waals surface area (Å²) >= 11 is 0. The lowest BCUT2D eigenvalue weighted by Crippen LogP contribution is -2.63. The summed E-state index contributed by atoms with van der Waals surface area (Å²) in [5, 5.41) is 0.402. The zero-order chi connectivity index (χ0) is 25.4. The first-order valence-corrected chi connectivity index (χ1v) is 10.2. The topological polar surface area (TPSA) is 110 Å². The Labute approximate surface area is 182 Å². The highest BCUT2D eigenvalue weighted by Gasteiger charge is 2.75. The number of alkyl halides is 6. The van der Waals surface area contributed by atoms with E-state index in [1.54, 1.807) is 0 Å². The molecule has 0 aliphatic rings. The van der Waals surface area contributed by atoms with Gasteiger partial charge in [0.2, 0.25) is 0 Å². The summed E-state index contributed by atoms with van der Waals surface area (Å²) in [4.78, 5) is 23.7. The molecule has 0 amide bonds. The Morgan fingerprint density at radius 1 is 0.970 bits per heavy atom. The van der Waals surface area contributed by atoms with E-state index in [0.29, 0.717) is 0 Å². The first-order chi connectivity index (χ1) is 14.9. The molecule has 0 bridgehead atoms. The van der Waals surface area contributed by atoms with Crippen LogP contribution in [0, 0.1) is 0 Å². The third-order valence-electron chi connectivity index (χ3n) is 4.17. The molecule has 0 fully saturated rings. The van der Waals surface area contributed by atoms with Crippen molar-refractivity contribution >= 4 is 32.8 Å². The second-order valence-corrected chi connectivity index (χ2v) is 8.21. The molecule has 33 heavy (non-hydrogen) atoms. The lowest BCUT2D eigenvalue weighted by Gasteiger charge is -2.36. The van der Waals surface area contributed by atoms with Gasteiger partial charge in [-0.05, 0) is 42.0 Å². The summed E-state index contributed by atoms with van der Waals surface area (Å²) in [5.74, 6) is -5.98. The molecule has 0 unspecified atom stereocenters. The lowest BCUT2D eigenvalue weighted by atomic mass is 10.0. The molecule has 0 atom stereocenters. The van der Waals surface area contributed by atoms with Crippen molar-refractivity contribution in [2.45, 2.75) is 24.9 Å². The van der Waals surface area contributed by atoms with Gasteiger partial charge in [-0.25, -0.2) is 18.0 Å². The number of fused-ring (bicyclic) bond motifs is 1. The van der Waals surface area contributed by atoms with E-state index in [1.165, 1.54) is 25.1 Å². The minimum absolute atomic E-state index is 0.0413. The first-order valence-electron chi connectivity index (χ1n) is 8.58. The smallest absolute Gasteiger partial charge is 0.438 e. The van der Waals surface area contributed by atoms with Crippen LogP contribution in [0.2, 0.25) is 0 Å². The predicted octanol–water partition coefficient (Wildman–Crippen LogP) is 3.89. The normalized spacial score (nSPS) is 13.0. The number of esters is 2. The molecule has 2 aromatic rings. The van der Waals surface area contributed by atoms with E-state index in [1.807, 2.05) is 0 Å². The van der Waals surface area contributed by atoms with Gasteiger partial charge in [-0.1, -0.05) is 18.7 Å². The molecular formula is C19H13F6O7S-. The number of carbonyl (C=O) groups excluding carboxylic acids is 2. The van der Waals surface area contributed by atoms with Crippen LogP contribution in [0.15, 0.2) is 48.6 Å². The number of halogens is 6. The Balaban J connectivity index is 2.46. The summed E-state index contributed by atoms with van der Waals surface area (Å²) in [6, 6.07) is 6.56. The van der Waals surface area contributed by atoms with Gasteiger partial charge in [-0.15, -0.1) is 0 Å². The van der Waals surface area contributed by atoms with Gasteiger partial charge in [0.05, 0.1) is 21.4 Å². The number of carbonyl (C=O) groups is 2. The van der Waals surface area contributed by atoms with E-state index in [-0.39, 0.29) is 22.1 Å². The fourth-order valence-corrected chi connectivity index (χ4v) is 3.43. The highest BCUT2D eigenvalue weighted by Crippen LogP contribution is 2.47. The number of benzene rings is 2. The van der Waals surface area contributed by atoms with Crippen molar-refractivity contribution in [2.24, 2.45) is 0 Å². The molecule has 0 heterocycles. The van der Waals surface area contributed by atoms with Crippen LogP contribution in [0.4, 0.5) is 26.3 Å². The molecule has 0 radical (unpaired) electrons. The highest BCUT2D eigenvalue weighted by molar-refractivity contribution is 7.85. The number of hydrogen-bond acceptors (Lipinski definition) is 7. The van der Waals surface area contributed by atoms with E-state index >= 15 is 0 Å². The minimum Gasteiger partial charge on any atom is -0.748 e. The Bertz CT molecular complexity index is 1200. The van der Waals surface area contributed by atoms with Crippen molar-refractivity contribution in [3.05, 3.63) is 54.1 Å². The molecule has 0 aliphatic heterocycles. The second kappa shape index (κ2) is 8.67. The molecule has 180 valence electrons. The van der Waals surface area contributed by atoms with Crippen LogP contribution in [0.25, 0.3) is 10.8 Å². The van der Waals surface area contributed by atoms with Gasteiger partial charge in [0.1, 0.15) is 5.75 Å². The van der Waals surface area contributed by atoms with Crippen molar-refractivity contribution < 1.29 is 58.4 Å². The maximum atomic E-state index is 13.3. The molecule has 7 nitrogen and oxygen atoms in total. The monoisotopic (exact) mass is 499 g/mol. The maximum Gasteiger partial charge on any atom is 0.438 e. The van der Waals surface area contributed by atoms with Gasteiger partial charge in [-0.2, -0.15) is 26.3 Å². The van der Waals surface area contributed by atoms with E-state index in [0.717, 1.165) is 18.2 Å². The molecule has 2 rings (SSSR count). The number of ether oxygens (including phenoxy) is 2. The third kappa shape index (κ3) is 5.82. The minimum atomic E-state index is -6.47. The highest BCUT2D eigenvalue weighted by atomic mass is 32.2. The molecule has 0 saturated heterocycles. The van der Waals surface area contributed by atoms with E-state index in [4.69, 9.17) is 4.74 Å². The van der Waals surface area contributed by atoms with Gasteiger partial charge in [0.25, 0.3) is 0 Å². The quantitative estimate of drug-likeness (QED) is 0.195. The predicted molar refractivity (Wildman–Crippen MR) is 99.2 cm³/mol. The molecule has 0 N–H and O–H groups in total. The summed E-state index contributed by atoms with van der Waals surface area (Å²) < 4.78 is 121. The van der Waals surface area contributed by atoms with Gasteiger partial charge >= 0.3 is 29.9 Å². The van der Waals surface area contributed by atoms with Crippen molar-refractivity contribution in [1.29, 1.82) is 0 Å². The van der Waals surface area contributed by atoms with Crippen molar-refractivity contribution in [3.8, 4) is 5.75 Å². The van der Waals surface area contributed by atoms with E-state index in [9.17, 15) is 48.9 Å². The average molecular weight is 499 g/mol. The summed E-state index contributed by atoms with van der Waals surface area (Å²) in [6.07, 6.45) is -12.9. The van der Waals surface area contributed by atoms with Crippen LogP contribution in [-0.4, -0.2) is 48.6 Å². The molecule has 0 aromatic heterocycles. The van der Waals surface area contributed by atoms with Crippen molar-refractivity contribution in [3.63, 3.8) is 0 Å². The summed E-state index contributed by atoms with van der Waals surface area (Å²) in [6.45, 7) is 4.78. The van der Waals surface area contributed by atoms with E-state index in [2.05, 4.69) is 11.3 Å². The second-order valence-electron chi connectivity index (χ2n) is 6.81. The molecule has 0 aliphatic carbocycles. The van der Waals surface area contributed by atoms with Gasteiger partial charge in [0.15, 0.2) is 0 Å². The molecule has 0 spiro atoms.